The molecule has 2 aromatic rings. The molecule has 38 heavy (non-hydrogen) atoms. The fourth-order valence-corrected chi connectivity index (χ4v) is 5.60. The fraction of sp³-hybridized carbons (Fsp3) is 0.406. The van der Waals surface area contributed by atoms with E-state index in [-0.39, 0.29) is 28.6 Å². The largest absolute Gasteiger partial charge is 0.481 e. The second kappa shape index (κ2) is 10.7. The first-order valence-corrected chi connectivity index (χ1v) is 13.3. The van der Waals surface area contributed by atoms with Crippen molar-refractivity contribution in [2.75, 3.05) is 19.6 Å². The van der Waals surface area contributed by atoms with E-state index in [0.29, 0.717) is 18.7 Å². The van der Waals surface area contributed by atoms with Gasteiger partial charge in [-0.25, -0.2) is 4.79 Å². The van der Waals surface area contributed by atoms with Gasteiger partial charge < -0.3 is 10.2 Å². The van der Waals surface area contributed by atoms with Gasteiger partial charge in [-0.3, -0.25) is 14.5 Å². The Hall–Kier alpha value is -3.51. The van der Waals surface area contributed by atoms with Gasteiger partial charge in [0.2, 0.25) is 0 Å². The molecule has 0 unspecified atom stereocenters. The molecule has 4 rings (SSSR count). The number of aliphatic carboxylic acids is 1. The zero-order valence-corrected chi connectivity index (χ0v) is 22.7. The average molecular weight is 516 g/mol. The van der Waals surface area contributed by atoms with Crippen LogP contribution < -0.4 is 0 Å². The third-order valence-corrected chi connectivity index (χ3v) is 8.07. The first-order valence-electron chi connectivity index (χ1n) is 13.3. The monoisotopic (exact) mass is 515 g/mol. The van der Waals surface area contributed by atoms with E-state index in [0.717, 1.165) is 36.9 Å². The maximum absolute atomic E-state index is 13.4. The van der Waals surface area contributed by atoms with Crippen molar-refractivity contribution in [2.24, 2.45) is 0 Å². The number of carboxylic acids is 2. The van der Waals surface area contributed by atoms with Crippen molar-refractivity contribution in [3.8, 4) is 0 Å². The summed E-state index contributed by atoms with van der Waals surface area (Å²) in [6.07, 6.45) is 8.54. The van der Waals surface area contributed by atoms with E-state index in [1.165, 1.54) is 28.8 Å². The first-order chi connectivity index (χ1) is 17.9. The predicted molar refractivity (Wildman–Crippen MR) is 150 cm³/mol. The standard InChI is InChI=1S/C32H37NO5/c1-31(2)14-15-32(3,4)29-25(22-11-16-33(17-12-22)18-13-28(35)36)19-24(20-26(29)31)27(34)10-7-21-5-8-23(9-6-21)30(37)38/h5-11,19-20H,12-18H2,1-4H3,(H,35,36)(H,37,38)/b10-7+. The van der Waals surface area contributed by atoms with Crippen LogP contribution in [-0.2, 0) is 15.6 Å². The lowest BCUT2D eigenvalue weighted by Gasteiger charge is -2.44. The van der Waals surface area contributed by atoms with Crippen LogP contribution in [0, 0.1) is 0 Å². The number of nitrogens with zero attached hydrogens (tertiary/aromatic N) is 1. The lowest BCUT2D eigenvalue weighted by atomic mass is 9.61. The van der Waals surface area contributed by atoms with E-state index in [2.05, 4.69) is 44.7 Å². The second-order valence-corrected chi connectivity index (χ2v) is 11.8. The molecule has 0 atom stereocenters. The summed E-state index contributed by atoms with van der Waals surface area (Å²) in [5, 5.41) is 18.2. The van der Waals surface area contributed by atoms with Crippen LogP contribution in [-0.4, -0.2) is 52.5 Å². The lowest BCUT2D eigenvalue weighted by Crippen LogP contribution is -2.36. The molecule has 1 heterocycles. The Bertz CT molecular complexity index is 1310. The Kier molecular flexibility index (Phi) is 7.75. The Balaban J connectivity index is 1.71. The van der Waals surface area contributed by atoms with E-state index in [4.69, 9.17) is 10.2 Å². The number of fused-ring (bicyclic) bond motifs is 1. The predicted octanol–water partition coefficient (Wildman–Crippen LogP) is 6.19. The van der Waals surface area contributed by atoms with E-state index in [1.54, 1.807) is 24.3 Å². The van der Waals surface area contributed by atoms with Gasteiger partial charge in [0.1, 0.15) is 0 Å². The number of carbonyl (C=O) groups excluding carboxylic acids is 1. The van der Waals surface area contributed by atoms with Crippen molar-refractivity contribution in [1.29, 1.82) is 0 Å². The Labute approximate surface area is 224 Å². The normalized spacial score (nSPS) is 18.6. The van der Waals surface area contributed by atoms with Crippen molar-refractivity contribution in [2.45, 2.75) is 64.2 Å². The molecule has 0 amide bonds. The van der Waals surface area contributed by atoms with E-state index in [1.807, 2.05) is 6.07 Å². The number of carboxylic acid groups (broad SMARTS) is 2. The van der Waals surface area contributed by atoms with Crippen LogP contribution in [0.25, 0.3) is 11.6 Å². The molecule has 2 aromatic carbocycles. The number of ketones is 1. The molecule has 0 spiro atoms. The molecule has 6 heteroatoms. The van der Waals surface area contributed by atoms with Crippen LogP contribution in [0.4, 0.5) is 0 Å². The van der Waals surface area contributed by atoms with Crippen LogP contribution in [0.5, 0.6) is 0 Å². The van der Waals surface area contributed by atoms with Gasteiger partial charge in [0.15, 0.2) is 5.78 Å². The van der Waals surface area contributed by atoms with Crippen molar-refractivity contribution < 1.29 is 24.6 Å². The maximum Gasteiger partial charge on any atom is 0.335 e. The summed E-state index contributed by atoms with van der Waals surface area (Å²) in [6.45, 7) is 11.1. The number of allylic oxidation sites excluding steroid dienone is 1. The Morgan fingerprint density at radius 2 is 1.63 bits per heavy atom. The maximum atomic E-state index is 13.4. The molecule has 0 saturated heterocycles. The summed E-state index contributed by atoms with van der Waals surface area (Å²) in [4.78, 5) is 37.7. The third kappa shape index (κ3) is 5.97. The number of hydrogen-bond acceptors (Lipinski definition) is 4. The van der Waals surface area contributed by atoms with Gasteiger partial charge in [0.25, 0.3) is 0 Å². The number of carbonyl (C=O) groups is 3. The molecule has 0 aromatic heterocycles. The molecule has 200 valence electrons. The van der Waals surface area contributed by atoms with Crippen molar-refractivity contribution in [3.05, 3.63) is 81.9 Å². The summed E-state index contributed by atoms with van der Waals surface area (Å²) < 4.78 is 0. The van der Waals surface area contributed by atoms with Crippen LogP contribution >= 0.6 is 0 Å². The number of rotatable bonds is 8. The summed E-state index contributed by atoms with van der Waals surface area (Å²) in [6, 6.07) is 10.6. The fourth-order valence-electron chi connectivity index (χ4n) is 5.60. The van der Waals surface area contributed by atoms with Crippen LogP contribution in [0.1, 0.15) is 96.3 Å². The number of aromatic carboxylic acids is 1. The molecule has 2 aliphatic rings. The Morgan fingerprint density at radius 3 is 2.24 bits per heavy atom. The highest BCUT2D eigenvalue weighted by molar-refractivity contribution is 6.07. The number of hydrogen-bond donors (Lipinski definition) is 2. The average Bonchev–Trinajstić information content (AvgIpc) is 2.88. The van der Waals surface area contributed by atoms with E-state index in [9.17, 15) is 14.4 Å². The van der Waals surface area contributed by atoms with Gasteiger partial charge in [-0.2, -0.15) is 0 Å². The molecule has 6 nitrogen and oxygen atoms in total. The van der Waals surface area contributed by atoms with Gasteiger partial charge in [-0.15, -0.1) is 0 Å². The topological polar surface area (TPSA) is 94.9 Å². The molecular formula is C32H37NO5. The van der Waals surface area contributed by atoms with Crippen LogP contribution in [0.3, 0.4) is 0 Å². The van der Waals surface area contributed by atoms with Gasteiger partial charge in [0, 0.05) is 25.2 Å². The first kappa shape index (κ1) is 27.5. The zero-order valence-electron chi connectivity index (χ0n) is 22.7. The quantitative estimate of drug-likeness (QED) is 0.321. The summed E-state index contributed by atoms with van der Waals surface area (Å²) in [5.41, 5.74) is 6.45. The zero-order chi connectivity index (χ0) is 27.7. The molecule has 0 saturated carbocycles. The highest BCUT2D eigenvalue weighted by Crippen LogP contribution is 2.49. The highest BCUT2D eigenvalue weighted by Gasteiger charge is 2.39. The smallest absolute Gasteiger partial charge is 0.335 e. The van der Waals surface area contributed by atoms with Crippen molar-refractivity contribution >= 4 is 29.4 Å². The molecular weight excluding hydrogens is 478 g/mol. The molecule has 0 fully saturated rings. The minimum atomic E-state index is -0.981. The SMILES string of the molecule is CC1(C)CCC(C)(C)c2c(C3=CCN(CCC(=O)O)CC3)cc(C(=O)/C=C/c3ccc(C(=O)O)cc3)cc21. The van der Waals surface area contributed by atoms with E-state index >= 15 is 0 Å². The summed E-state index contributed by atoms with van der Waals surface area (Å²) in [7, 11) is 0. The van der Waals surface area contributed by atoms with Crippen molar-refractivity contribution in [3.63, 3.8) is 0 Å². The summed E-state index contributed by atoms with van der Waals surface area (Å²) >= 11 is 0. The van der Waals surface area contributed by atoms with Crippen molar-refractivity contribution in [1.82, 2.24) is 4.90 Å². The van der Waals surface area contributed by atoms with Crippen LogP contribution in [0.15, 0.2) is 48.6 Å². The van der Waals surface area contributed by atoms with Gasteiger partial charge in [0.05, 0.1) is 12.0 Å². The molecule has 1 aliphatic carbocycles. The third-order valence-electron chi connectivity index (χ3n) is 8.07. The molecule has 0 radical (unpaired) electrons. The lowest BCUT2D eigenvalue weighted by molar-refractivity contribution is -0.137. The Morgan fingerprint density at radius 1 is 0.947 bits per heavy atom. The molecule has 2 N–H and O–H groups in total. The minimum absolute atomic E-state index is 0.0230. The summed E-state index contributed by atoms with van der Waals surface area (Å²) in [5.74, 6) is -1.85. The van der Waals surface area contributed by atoms with Gasteiger partial charge in [-0.1, -0.05) is 52.0 Å². The molecule has 1 aliphatic heterocycles. The van der Waals surface area contributed by atoms with Crippen LogP contribution in [0.2, 0.25) is 0 Å². The molecule has 0 bridgehead atoms. The number of benzene rings is 2. The van der Waals surface area contributed by atoms with Gasteiger partial charge >= 0.3 is 11.9 Å². The van der Waals surface area contributed by atoms with Gasteiger partial charge in [-0.05, 0) is 88.3 Å². The second-order valence-electron chi connectivity index (χ2n) is 11.8. The van der Waals surface area contributed by atoms with E-state index < -0.39 is 11.9 Å². The highest BCUT2D eigenvalue weighted by atomic mass is 16.4. The minimum Gasteiger partial charge on any atom is -0.481 e.